The van der Waals surface area contributed by atoms with E-state index in [1.54, 1.807) is 0 Å². The molecular formula is C18H22F2N2O. The number of piperidine rings is 1. The first kappa shape index (κ1) is 15.1. The Morgan fingerprint density at radius 2 is 1.96 bits per heavy atom. The Morgan fingerprint density at radius 1 is 1.22 bits per heavy atom. The van der Waals surface area contributed by atoms with E-state index in [9.17, 15) is 13.6 Å². The Bertz CT molecular complexity index is 609. The summed E-state index contributed by atoms with van der Waals surface area (Å²) in [6, 6.07) is 4.19. The van der Waals surface area contributed by atoms with Gasteiger partial charge in [0.2, 0.25) is 5.91 Å². The Hall–Kier alpha value is -1.49. The smallest absolute Gasteiger partial charge is 0.221 e. The SMILES string of the molecule is O=C(CCN1C[C@H]2CC[C@@H]1C2)NC1(c2cc(F)cc(F)c2)CC1. The number of carbonyl (C=O) groups excluding carboxylic acids is 1. The zero-order chi connectivity index (χ0) is 16.0. The number of nitrogens with one attached hydrogen (secondary N) is 1. The van der Waals surface area contributed by atoms with Crippen molar-refractivity contribution in [1.29, 1.82) is 0 Å². The Kier molecular flexibility index (Phi) is 3.63. The maximum Gasteiger partial charge on any atom is 0.221 e. The number of rotatable bonds is 5. The Morgan fingerprint density at radius 3 is 2.52 bits per heavy atom. The molecule has 2 atom stereocenters. The van der Waals surface area contributed by atoms with Gasteiger partial charge in [0.05, 0.1) is 5.54 Å². The largest absolute Gasteiger partial charge is 0.347 e. The molecule has 5 heteroatoms. The maximum absolute atomic E-state index is 13.4. The quantitative estimate of drug-likeness (QED) is 0.905. The highest BCUT2D eigenvalue weighted by molar-refractivity contribution is 5.77. The van der Waals surface area contributed by atoms with E-state index in [1.165, 1.54) is 31.4 Å². The molecule has 2 saturated carbocycles. The number of likely N-dealkylation sites (tertiary alicyclic amines) is 1. The molecule has 4 rings (SSSR count). The molecule has 124 valence electrons. The predicted octanol–water partition coefficient (Wildman–Crippen LogP) is 2.94. The number of amides is 1. The monoisotopic (exact) mass is 320 g/mol. The van der Waals surface area contributed by atoms with Crippen molar-refractivity contribution in [1.82, 2.24) is 10.2 Å². The van der Waals surface area contributed by atoms with Crippen LogP contribution in [0.1, 0.15) is 44.1 Å². The molecule has 1 aliphatic heterocycles. The third kappa shape index (κ3) is 2.99. The number of hydrogen-bond acceptors (Lipinski definition) is 2. The van der Waals surface area contributed by atoms with Gasteiger partial charge in [-0.25, -0.2) is 8.78 Å². The highest BCUT2D eigenvalue weighted by Gasteiger charge is 2.46. The zero-order valence-electron chi connectivity index (χ0n) is 13.2. The highest BCUT2D eigenvalue weighted by Crippen LogP contribution is 2.46. The van der Waals surface area contributed by atoms with Crippen LogP contribution < -0.4 is 5.32 Å². The second-order valence-corrected chi connectivity index (χ2v) is 7.37. The minimum Gasteiger partial charge on any atom is -0.347 e. The summed E-state index contributed by atoms with van der Waals surface area (Å²) < 4.78 is 26.8. The molecule has 1 aromatic carbocycles. The molecule has 2 aliphatic carbocycles. The van der Waals surface area contributed by atoms with E-state index in [1.807, 2.05) is 0 Å². The van der Waals surface area contributed by atoms with E-state index in [0.29, 0.717) is 18.0 Å². The van der Waals surface area contributed by atoms with Gasteiger partial charge in [0.15, 0.2) is 0 Å². The summed E-state index contributed by atoms with van der Waals surface area (Å²) in [4.78, 5) is 14.7. The van der Waals surface area contributed by atoms with Gasteiger partial charge in [-0.2, -0.15) is 0 Å². The average Bonchev–Trinajstić information content (AvgIpc) is 2.98. The molecule has 0 unspecified atom stereocenters. The third-order valence-electron chi connectivity index (χ3n) is 5.69. The zero-order valence-corrected chi connectivity index (χ0v) is 13.2. The van der Waals surface area contributed by atoms with E-state index in [0.717, 1.165) is 37.9 Å². The van der Waals surface area contributed by atoms with Gasteiger partial charge in [0, 0.05) is 31.6 Å². The third-order valence-corrected chi connectivity index (χ3v) is 5.69. The van der Waals surface area contributed by atoms with Gasteiger partial charge in [-0.15, -0.1) is 0 Å². The van der Waals surface area contributed by atoms with Gasteiger partial charge in [-0.05, 0) is 55.7 Å². The van der Waals surface area contributed by atoms with Crippen LogP contribution in [0.15, 0.2) is 18.2 Å². The summed E-state index contributed by atoms with van der Waals surface area (Å²) in [7, 11) is 0. The molecule has 0 radical (unpaired) electrons. The van der Waals surface area contributed by atoms with Crippen molar-refractivity contribution < 1.29 is 13.6 Å². The van der Waals surface area contributed by atoms with Crippen LogP contribution in [0.5, 0.6) is 0 Å². The average molecular weight is 320 g/mol. The van der Waals surface area contributed by atoms with Crippen LogP contribution >= 0.6 is 0 Å². The van der Waals surface area contributed by atoms with Gasteiger partial charge >= 0.3 is 0 Å². The Labute approximate surface area is 135 Å². The lowest BCUT2D eigenvalue weighted by Gasteiger charge is -2.27. The number of carbonyl (C=O) groups is 1. The lowest BCUT2D eigenvalue weighted by molar-refractivity contribution is -0.122. The number of nitrogens with zero attached hydrogens (tertiary/aromatic N) is 1. The summed E-state index contributed by atoms with van der Waals surface area (Å²) >= 11 is 0. The molecule has 1 N–H and O–H groups in total. The van der Waals surface area contributed by atoms with Gasteiger partial charge in [-0.1, -0.05) is 0 Å². The first-order valence-corrected chi connectivity index (χ1v) is 8.56. The van der Waals surface area contributed by atoms with Gasteiger partial charge in [0.1, 0.15) is 11.6 Å². The van der Waals surface area contributed by atoms with Gasteiger partial charge in [0.25, 0.3) is 0 Å². The van der Waals surface area contributed by atoms with Crippen LogP contribution in [-0.2, 0) is 10.3 Å². The lowest BCUT2D eigenvalue weighted by Crippen LogP contribution is -2.39. The van der Waals surface area contributed by atoms with Crippen molar-refractivity contribution in [2.24, 2.45) is 5.92 Å². The topological polar surface area (TPSA) is 32.3 Å². The van der Waals surface area contributed by atoms with Crippen molar-refractivity contribution >= 4 is 5.91 Å². The summed E-state index contributed by atoms with van der Waals surface area (Å²) in [5, 5.41) is 3.01. The molecule has 3 nitrogen and oxygen atoms in total. The van der Waals surface area contributed by atoms with E-state index in [-0.39, 0.29) is 5.91 Å². The van der Waals surface area contributed by atoms with Crippen molar-refractivity contribution in [3.63, 3.8) is 0 Å². The Balaban J connectivity index is 1.35. The molecule has 0 aromatic heterocycles. The fraction of sp³-hybridized carbons (Fsp3) is 0.611. The van der Waals surface area contributed by atoms with Crippen LogP contribution in [0.3, 0.4) is 0 Å². The molecular weight excluding hydrogens is 298 g/mol. The van der Waals surface area contributed by atoms with Gasteiger partial charge in [-0.3, -0.25) is 9.69 Å². The minimum atomic E-state index is -0.589. The van der Waals surface area contributed by atoms with Crippen LogP contribution in [0, 0.1) is 17.6 Å². The van der Waals surface area contributed by atoms with Crippen molar-refractivity contribution in [3.8, 4) is 0 Å². The second kappa shape index (κ2) is 5.55. The first-order valence-electron chi connectivity index (χ1n) is 8.56. The molecule has 1 amide bonds. The highest BCUT2D eigenvalue weighted by atomic mass is 19.1. The van der Waals surface area contributed by atoms with Crippen molar-refractivity contribution in [2.75, 3.05) is 13.1 Å². The minimum absolute atomic E-state index is 0.0186. The molecule has 0 spiro atoms. The lowest BCUT2D eigenvalue weighted by atomic mass is 10.0. The van der Waals surface area contributed by atoms with E-state index in [4.69, 9.17) is 0 Å². The number of halogens is 2. The van der Waals surface area contributed by atoms with Crippen LogP contribution in [0.4, 0.5) is 8.78 Å². The van der Waals surface area contributed by atoms with E-state index in [2.05, 4.69) is 10.2 Å². The van der Waals surface area contributed by atoms with Gasteiger partial charge < -0.3 is 5.32 Å². The normalized spacial score (nSPS) is 28.1. The molecule has 1 saturated heterocycles. The molecule has 1 heterocycles. The first-order chi connectivity index (χ1) is 11.0. The fourth-order valence-corrected chi connectivity index (χ4v) is 4.32. The summed E-state index contributed by atoms with van der Waals surface area (Å²) in [5.41, 5.74) is -0.00657. The molecule has 1 aromatic rings. The number of benzene rings is 1. The molecule has 2 bridgehead atoms. The van der Waals surface area contributed by atoms with Crippen LogP contribution in [-0.4, -0.2) is 29.9 Å². The predicted molar refractivity (Wildman–Crippen MR) is 82.7 cm³/mol. The van der Waals surface area contributed by atoms with Crippen molar-refractivity contribution in [2.45, 2.75) is 50.1 Å². The van der Waals surface area contributed by atoms with Crippen LogP contribution in [0.25, 0.3) is 0 Å². The molecule has 3 fully saturated rings. The summed E-state index contributed by atoms with van der Waals surface area (Å²) in [6.45, 7) is 1.92. The molecule has 3 aliphatic rings. The van der Waals surface area contributed by atoms with Crippen LogP contribution in [0.2, 0.25) is 0 Å². The summed E-state index contributed by atoms with van der Waals surface area (Å²) in [6.07, 6.45) is 5.84. The number of fused-ring (bicyclic) bond motifs is 2. The maximum atomic E-state index is 13.4. The molecule has 23 heavy (non-hydrogen) atoms. The van der Waals surface area contributed by atoms with Crippen molar-refractivity contribution in [3.05, 3.63) is 35.4 Å². The van der Waals surface area contributed by atoms with E-state index >= 15 is 0 Å². The summed E-state index contributed by atoms with van der Waals surface area (Å²) in [5.74, 6) is -0.370. The fourth-order valence-electron chi connectivity index (χ4n) is 4.32. The van der Waals surface area contributed by atoms with E-state index < -0.39 is 17.2 Å². The standard InChI is InChI=1S/C18H22F2N2O/c19-14-8-13(9-15(20)10-14)18(4-5-18)21-17(23)3-6-22-11-12-1-2-16(22)7-12/h8-10,12,16H,1-7,11H2,(H,21,23)/t12-,16+/m0/s1. The second-order valence-electron chi connectivity index (χ2n) is 7.37. The number of hydrogen-bond donors (Lipinski definition) is 1.